The number of hydrogen-bond donors (Lipinski definition) is 2. The molecule has 0 radical (unpaired) electrons. The normalized spacial score (nSPS) is 21.9. The van der Waals surface area contributed by atoms with E-state index in [9.17, 15) is 13.2 Å². The molecular formula is C15H23N3O3S. The van der Waals surface area contributed by atoms with Crippen molar-refractivity contribution in [3.05, 3.63) is 29.8 Å². The molecule has 1 aromatic rings. The van der Waals surface area contributed by atoms with E-state index in [2.05, 4.69) is 11.6 Å². The highest BCUT2D eigenvalue weighted by Gasteiger charge is 2.34. The zero-order chi connectivity index (χ0) is 16.4. The summed E-state index contributed by atoms with van der Waals surface area (Å²) in [6.45, 7) is 4.08. The van der Waals surface area contributed by atoms with E-state index in [0.29, 0.717) is 18.8 Å². The van der Waals surface area contributed by atoms with Gasteiger partial charge in [0.2, 0.25) is 15.9 Å². The van der Waals surface area contributed by atoms with Gasteiger partial charge in [-0.1, -0.05) is 19.1 Å². The number of hydrogen-bond acceptors (Lipinski definition) is 4. The number of carbonyl (C=O) groups is 1. The van der Waals surface area contributed by atoms with Crippen molar-refractivity contribution in [2.24, 2.45) is 11.1 Å². The molecule has 1 amide bonds. The third kappa shape index (κ3) is 4.45. The third-order valence-electron chi connectivity index (χ3n) is 3.99. The van der Waals surface area contributed by atoms with Crippen molar-refractivity contribution in [1.29, 1.82) is 0 Å². The van der Waals surface area contributed by atoms with Gasteiger partial charge in [-0.15, -0.1) is 0 Å². The molecule has 1 saturated heterocycles. The Morgan fingerprint density at radius 1 is 1.45 bits per heavy atom. The molecule has 1 heterocycles. The Hall–Kier alpha value is -1.60. The molecule has 22 heavy (non-hydrogen) atoms. The minimum absolute atomic E-state index is 0.00928. The fourth-order valence-corrected chi connectivity index (χ4v) is 3.20. The number of nitrogens with zero attached hydrogens (tertiary/aromatic N) is 1. The lowest BCUT2D eigenvalue weighted by Crippen LogP contribution is -2.35. The number of carbonyl (C=O) groups excluding carboxylic acids is 1. The summed E-state index contributed by atoms with van der Waals surface area (Å²) in [4.78, 5) is 14.2. The van der Waals surface area contributed by atoms with Crippen LogP contribution < -0.4 is 10.5 Å². The average Bonchev–Trinajstić information content (AvgIpc) is 2.81. The summed E-state index contributed by atoms with van der Waals surface area (Å²) in [6, 6.07) is 6.92. The van der Waals surface area contributed by atoms with Crippen LogP contribution in [-0.2, 0) is 21.2 Å². The first-order valence-corrected chi connectivity index (χ1v) is 9.14. The summed E-state index contributed by atoms with van der Waals surface area (Å²) < 4.78 is 24.9. The van der Waals surface area contributed by atoms with E-state index in [4.69, 9.17) is 5.73 Å². The highest BCUT2D eigenvalue weighted by atomic mass is 32.2. The van der Waals surface area contributed by atoms with Gasteiger partial charge in [-0.2, -0.15) is 0 Å². The minimum Gasteiger partial charge on any atom is -0.342 e. The first-order chi connectivity index (χ1) is 10.2. The Kier molecular flexibility index (Phi) is 4.77. The van der Waals surface area contributed by atoms with Gasteiger partial charge in [0.1, 0.15) is 0 Å². The van der Waals surface area contributed by atoms with Gasteiger partial charge in [-0.3, -0.25) is 9.52 Å². The van der Waals surface area contributed by atoms with Crippen LogP contribution in [0.15, 0.2) is 24.3 Å². The molecule has 1 unspecified atom stereocenters. The fraction of sp³-hybridized carbons (Fsp3) is 0.533. The Balaban J connectivity index is 2.02. The molecule has 0 aliphatic carbocycles. The number of rotatable bonds is 5. The molecule has 122 valence electrons. The number of amides is 1. The van der Waals surface area contributed by atoms with Crippen molar-refractivity contribution in [3.63, 3.8) is 0 Å². The van der Waals surface area contributed by atoms with E-state index in [1.54, 1.807) is 18.2 Å². The van der Waals surface area contributed by atoms with Crippen LogP contribution in [0.25, 0.3) is 0 Å². The van der Waals surface area contributed by atoms with Crippen LogP contribution in [0, 0.1) is 5.41 Å². The van der Waals surface area contributed by atoms with Crippen molar-refractivity contribution in [3.8, 4) is 0 Å². The molecule has 1 aliphatic rings. The van der Waals surface area contributed by atoms with Gasteiger partial charge in [0, 0.05) is 18.8 Å². The van der Waals surface area contributed by atoms with Crippen molar-refractivity contribution >= 4 is 21.6 Å². The second-order valence-electron chi connectivity index (χ2n) is 6.33. The predicted molar refractivity (Wildman–Crippen MR) is 87.0 cm³/mol. The monoisotopic (exact) mass is 325 g/mol. The van der Waals surface area contributed by atoms with E-state index < -0.39 is 10.0 Å². The molecule has 0 spiro atoms. The molecule has 1 aromatic carbocycles. The van der Waals surface area contributed by atoms with Crippen molar-refractivity contribution in [2.75, 3.05) is 30.6 Å². The molecular weight excluding hydrogens is 302 g/mol. The number of nitrogens with two attached hydrogens (primary N) is 1. The van der Waals surface area contributed by atoms with Gasteiger partial charge in [-0.25, -0.2) is 8.42 Å². The van der Waals surface area contributed by atoms with Gasteiger partial charge in [-0.05, 0) is 36.1 Å². The van der Waals surface area contributed by atoms with E-state index in [1.807, 2.05) is 11.0 Å². The third-order valence-corrected chi connectivity index (χ3v) is 4.60. The second-order valence-corrected chi connectivity index (χ2v) is 8.08. The number of anilines is 1. The quantitative estimate of drug-likeness (QED) is 0.837. The zero-order valence-electron chi connectivity index (χ0n) is 13.0. The molecule has 0 aromatic heterocycles. The standard InChI is InChI=1S/C15H23N3O3S/c1-15(10-16)6-7-18(11-15)14(19)9-12-4-3-5-13(8-12)17-22(2,20)21/h3-5,8,17H,6-7,9-11,16H2,1-2H3. The van der Waals surface area contributed by atoms with Crippen LogP contribution in [0.4, 0.5) is 5.69 Å². The molecule has 1 atom stereocenters. The van der Waals surface area contributed by atoms with Crippen LogP contribution in [0.5, 0.6) is 0 Å². The van der Waals surface area contributed by atoms with Crippen LogP contribution in [0.1, 0.15) is 18.9 Å². The Bertz CT molecular complexity index is 660. The smallest absolute Gasteiger partial charge is 0.229 e. The topological polar surface area (TPSA) is 92.5 Å². The summed E-state index contributed by atoms with van der Waals surface area (Å²) in [5.74, 6) is 0.0497. The summed E-state index contributed by atoms with van der Waals surface area (Å²) >= 11 is 0. The number of benzene rings is 1. The van der Waals surface area contributed by atoms with Crippen LogP contribution in [0.3, 0.4) is 0 Å². The Morgan fingerprint density at radius 3 is 2.77 bits per heavy atom. The van der Waals surface area contributed by atoms with Crippen LogP contribution >= 0.6 is 0 Å². The Labute approximate surface area is 131 Å². The first kappa shape index (κ1) is 16.8. The van der Waals surface area contributed by atoms with Gasteiger partial charge in [0.15, 0.2) is 0 Å². The van der Waals surface area contributed by atoms with Crippen molar-refractivity contribution < 1.29 is 13.2 Å². The van der Waals surface area contributed by atoms with Gasteiger partial charge in [0.25, 0.3) is 0 Å². The molecule has 7 heteroatoms. The minimum atomic E-state index is -3.32. The van der Waals surface area contributed by atoms with Crippen LogP contribution in [0.2, 0.25) is 0 Å². The van der Waals surface area contributed by atoms with E-state index >= 15 is 0 Å². The fourth-order valence-electron chi connectivity index (χ4n) is 2.65. The van der Waals surface area contributed by atoms with Gasteiger partial charge in [0.05, 0.1) is 12.7 Å². The maximum absolute atomic E-state index is 12.4. The maximum Gasteiger partial charge on any atom is 0.229 e. The second kappa shape index (κ2) is 6.26. The Morgan fingerprint density at radius 2 is 2.18 bits per heavy atom. The van der Waals surface area contributed by atoms with Crippen molar-refractivity contribution in [1.82, 2.24) is 4.90 Å². The van der Waals surface area contributed by atoms with Crippen molar-refractivity contribution in [2.45, 2.75) is 19.8 Å². The van der Waals surface area contributed by atoms with E-state index in [0.717, 1.165) is 24.8 Å². The highest BCUT2D eigenvalue weighted by molar-refractivity contribution is 7.92. The summed E-state index contributed by atoms with van der Waals surface area (Å²) in [6.07, 6.45) is 2.29. The van der Waals surface area contributed by atoms with Gasteiger partial charge < -0.3 is 10.6 Å². The lowest BCUT2D eigenvalue weighted by atomic mass is 9.90. The number of likely N-dealkylation sites (tertiary alicyclic amines) is 1. The predicted octanol–water partition coefficient (Wildman–Crippen LogP) is 0.798. The van der Waals surface area contributed by atoms with E-state index in [1.165, 1.54) is 0 Å². The number of sulfonamides is 1. The molecule has 1 fully saturated rings. The number of nitrogens with one attached hydrogen (secondary N) is 1. The molecule has 2 rings (SSSR count). The summed E-state index contributed by atoms with van der Waals surface area (Å²) in [5, 5.41) is 0. The molecule has 0 saturated carbocycles. The highest BCUT2D eigenvalue weighted by Crippen LogP contribution is 2.28. The maximum atomic E-state index is 12.4. The molecule has 3 N–H and O–H groups in total. The SMILES string of the molecule is CC1(CN)CCN(C(=O)Cc2cccc(NS(C)(=O)=O)c2)C1. The lowest BCUT2D eigenvalue weighted by molar-refractivity contribution is -0.129. The summed E-state index contributed by atoms with van der Waals surface area (Å²) in [7, 11) is -3.32. The van der Waals surface area contributed by atoms with Crippen LogP contribution in [-0.4, -0.2) is 45.1 Å². The largest absolute Gasteiger partial charge is 0.342 e. The van der Waals surface area contributed by atoms with Gasteiger partial charge >= 0.3 is 0 Å². The van der Waals surface area contributed by atoms with E-state index in [-0.39, 0.29) is 17.7 Å². The molecule has 6 nitrogen and oxygen atoms in total. The summed E-state index contributed by atoms with van der Waals surface area (Å²) in [5.41, 5.74) is 7.03. The average molecular weight is 325 g/mol. The lowest BCUT2D eigenvalue weighted by Gasteiger charge is -2.22. The molecule has 1 aliphatic heterocycles. The zero-order valence-corrected chi connectivity index (χ0v) is 13.8. The first-order valence-electron chi connectivity index (χ1n) is 7.25. The molecule has 0 bridgehead atoms.